The number of allylic oxidation sites excluding steroid dienone is 1. The topological polar surface area (TPSA) is 41.1 Å². The molecule has 0 radical (unpaired) electrons. The van der Waals surface area contributed by atoms with Crippen LogP contribution in [0.3, 0.4) is 0 Å². The normalized spacial score (nSPS) is 20.5. The number of para-hydroxylation sites is 2. The number of hydrogen-bond acceptors (Lipinski definition) is 4. The van der Waals surface area contributed by atoms with Crippen molar-refractivity contribution in [1.82, 2.24) is 0 Å². The summed E-state index contributed by atoms with van der Waals surface area (Å²) in [6.45, 7) is 0. The Bertz CT molecular complexity index is 1320. The van der Waals surface area contributed by atoms with Gasteiger partial charge in [-0.1, -0.05) is 54.6 Å². The number of anilines is 2. The van der Waals surface area contributed by atoms with Crippen molar-refractivity contribution in [2.45, 2.75) is 24.8 Å². The number of hydrogen-bond donors (Lipinski definition) is 2. The molecule has 152 valence electrons. The highest BCUT2D eigenvalue weighted by Gasteiger charge is 2.36. The zero-order chi connectivity index (χ0) is 20.8. The van der Waals surface area contributed by atoms with Crippen LogP contribution in [0, 0.1) is 0 Å². The lowest BCUT2D eigenvalue weighted by molar-refractivity contribution is -0.116. The molecule has 0 bridgehead atoms. The Kier molecular flexibility index (Phi) is 4.39. The van der Waals surface area contributed by atoms with Gasteiger partial charge in [-0.05, 0) is 52.4 Å². The van der Waals surface area contributed by atoms with Gasteiger partial charge >= 0.3 is 0 Å². The van der Waals surface area contributed by atoms with E-state index in [4.69, 9.17) is 0 Å². The van der Waals surface area contributed by atoms with Gasteiger partial charge in [0.1, 0.15) is 0 Å². The Balaban J connectivity index is 1.50. The predicted octanol–water partition coefficient (Wildman–Crippen LogP) is 6.88. The Morgan fingerprint density at radius 1 is 0.806 bits per heavy atom. The minimum absolute atomic E-state index is 0.174. The number of Topliss-reactive ketones (excluding diaryl/α,β-unsaturated/α-hetero) is 1. The lowest BCUT2D eigenvalue weighted by Crippen LogP contribution is -2.26. The molecule has 3 aromatic carbocycles. The smallest absolute Gasteiger partial charge is 0.163 e. The molecule has 0 saturated heterocycles. The molecule has 1 aromatic heterocycles. The van der Waals surface area contributed by atoms with E-state index in [0.29, 0.717) is 6.42 Å². The van der Waals surface area contributed by atoms with Crippen molar-refractivity contribution in [2.75, 3.05) is 10.6 Å². The van der Waals surface area contributed by atoms with Crippen LogP contribution in [0.5, 0.6) is 0 Å². The predicted molar refractivity (Wildman–Crippen MR) is 129 cm³/mol. The maximum Gasteiger partial charge on any atom is 0.163 e. The van der Waals surface area contributed by atoms with Crippen LogP contribution in [-0.2, 0) is 4.79 Å². The third-order valence-electron chi connectivity index (χ3n) is 6.36. The first kappa shape index (κ1) is 18.4. The van der Waals surface area contributed by atoms with E-state index in [-0.39, 0.29) is 17.7 Å². The first-order chi connectivity index (χ1) is 15.3. The molecular formula is C27H22N2OS. The summed E-state index contributed by atoms with van der Waals surface area (Å²) < 4.78 is 0. The van der Waals surface area contributed by atoms with E-state index in [1.807, 2.05) is 12.1 Å². The summed E-state index contributed by atoms with van der Waals surface area (Å²) in [5.74, 6) is 0.465. The monoisotopic (exact) mass is 422 g/mol. The second kappa shape index (κ2) is 7.40. The molecule has 4 aromatic rings. The highest BCUT2D eigenvalue weighted by molar-refractivity contribution is 7.10. The van der Waals surface area contributed by atoms with Crippen LogP contribution in [0.25, 0.3) is 10.8 Å². The summed E-state index contributed by atoms with van der Waals surface area (Å²) in [5, 5.41) is 11.8. The highest BCUT2D eigenvalue weighted by Crippen LogP contribution is 2.45. The molecule has 2 atom stereocenters. The average molecular weight is 423 g/mol. The maximum absolute atomic E-state index is 13.6. The minimum atomic E-state index is -0.174. The lowest BCUT2D eigenvalue weighted by atomic mass is 9.80. The Labute approximate surface area is 185 Å². The number of ketones is 1. The van der Waals surface area contributed by atoms with Crippen molar-refractivity contribution in [1.29, 1.82) is 0 Å². The highest BCUT2D eigenvalue weighted by atomic mass is 32.1. The summed E-state index contributed by atoms with van der Waals surface area (Å²) in [5.41, 5.74) is 5.09. The van der Waals surface area contributed by atoms with Gasteiger partial charge in [-0.3, -0.25) is 4.79 Å². The number of fused-ring (bicyclic) bond motifs is 2. The standard InChI is InChI=1S/C27H22N2OS/c30-24-16-20(25-10-5-13-31-25)15-23-26(24)27(29-22-9-4-3-8-21(22)28-23)19-12-11-17-6-1-2-7-18(17)14-19/h1-14,20,27-29H,15-16H2/t20-,27+/m1/s1. The summed E-state index contributed by atoms with van der Waals surface area (Å²) in [7, 11) is 0. The van der Waals surface area contributed by atoms with Gasteiger partial charge in [0, 0.05) is 28.5 Å². The molecule has 1 aliphatic heterocycles. The fourth-order valence-electron chi connectivity index (χ4n) is 4.85. The molecule has 2 heterocycles. The van der Waals surface area contributed by atoms with Gasteiger partial charge in [-0.25, -0.2) is 0 Å². The van der Waals surface area contributed by atoms with Crippen LogP contribution in [0.15, 0.2) is 95.5 Å². The largest absolute Gasteiger partial charge is 0.372 e. The van der Waals surface area contributed by atoms with E-state index in [2.05, 4.69) is 82.7 Å². The molecule has 4 heteroatoms. The van der Waals surface area contributed by atoms with Crippen LogP contribution in [0.4, 0.5) is 11.4 Å². The molecule has 0 saturated carbocycles. The van der Waals surface area contributed by atoms with Crippen molar-refractivity contribution in [3.05, 3.63) is 106 Å². The molecule has 2 N–H and O–H groups in total. The van der Waals surface area contributed by atoms with Gasteiger partial charge in [0.2, 0.25) is 0 Å². The van der Waals surface area contributed by atoms with Crippen molar-refractivity contribution in [3.63, 3.8) is 0 Å². The van der Waals surface area contributed by atoms with Gasteiger partial charge < -0.3 is 10.6 Å². The second-order valence-electron chi connectivity index (χ2n) is 8.29. The number of rotatable bonds is 2. The number of benzene rings is 3. The van der Waals surface area contributed by atoms with Crippen molar-refractivity contribution >= 4 is 39.3 Å². The average Bonchev–Trinajstić information content (AvgIpc) is 3.28. The van der Waals surface area contributed by atoms with E-state index >= 15 is 0 Å². The summed E-state index contributed by atoms with van der Waals surface area (Å²) in [6, 6.07) is 27.2. The first-order valence-corrected chi connectivity index (χ1v) is 11.5. The van der Waals surface area contributed by atoms with Crippen molar-refractivity contribution in [3.8, 4) is 0 Å². The van der Waals surface area contributed by atoms with Crippen LogP contribution in [-0.4, -0.2) is 5.78 Å². The molecule has 0 spiro atoms. The van der Waals surface area contributed by atoms with E-state index in [0.717, 1.165) is 34.6 Å². The molecule has 3 nitrogen and oxygen atoms in total. The molecule has 0 fully saturated rings. The fraction of sp³-hybridized carbons (Fsp3) is 0.148. The number of thiophene rings is 1. The number of carbonyl (C=O) groups excluding carboxylic acids is 1. The van der Waals surface area contributed by atoms with Crippen molar-refractivity contribution in [2.24, 2.45) is 0 Å². The summed E-state index contributed by atoms with van der Waals surface area (Å²) in [6.07, 6.45) is 1.41. The Hall–Kier alpha value is -3.37. The van der Waals surface area contributed by atoms with Crippen molar-refractivity contribution < 1.29 is 4.79 Å². The van der Waals surface area contributed by atoms with Crippen LogP contribution < -0.4 is 10.6 Å². The SMILES string of the molecule is O=C1C[C@H](c2cccs2)CC2=C1[C@H](c1ccc3ccccc3c1)Nc1ccccc1N2. The fourth-order valence-corrected chi connectivity index (χ4v) is 5.68. The summed E-state index contributed by atoms with van der Waals surface area (Å²) in [4.78, 5) is 14.8. The Morgan fingerprint density at radius 3 is 2.45 bits per heavy atom. The molecule has 1 aliphatic carbocycles. The zero-order valence-corrected chi connectivity index (χ0v) is 17.8. The van der Waals surface area contributed by atoms with Gasteiger partial charge in [0.05, 0.1) is 17.4 Å². The summed E-state index contributed by atoms with van der Waals surface area (Å²) >= 11 is 1.74. The second-order valence-corrected chi connectivity index (χ2v) is 9.27. The van der Waals surface area contributed by atoms with Gasteiger partial charge in [-0.2, -0.15) is 0 Å². The molecular weight excluding hydrogens is 400 g/mol. The van der Waals surface area contributed by atoms with E-state index in [1.54, 1.807) is 11.3 Å². The molecule has 0 unspecified atom stereocenters. The molecule has 0 amide bonds. The van der Waals surface area contributed by atoms with E-state index < -0.39 is 0 Å². The Morgan fingerprint density at radius 2 is 1.61 bits per heavy atom. The number of carbonyl (C=O) groups is 1. The molecule has 6 rings (SSSR count). The van der Waals surface area contributed by atoms with Gasteiger partial charge in [0.15, 0.2) is 5.78 Å². The van der Waals surface area contributed by atoms with Crippen LogP contribution in [0.2, 0.25) is 0 Å². The zero-order valence-electron chi connectivity index (χ0n) is 17.0. The van der Waals surface area contributed by atoms with Gasteiger partial charge in [-0.15, -0.1) is 11.3 Å². The third kappa shape index (κ3) is 3.24. The first-order valence-electron chi connectivity index (χ1n) is 10.7. The molecule has 2 aliphatic rings. The van der Waals surface area contributed by atoms with E-state index in [1.165, 1.54) is 15.6 Å². The van der Waals surface area contributed by atoms with E-state index in [9.17, 15) is 4.79 Å². The van der Waals surface area contributed by atoms with Crippen LogP contribution in [0.1, 0.15) is 35.2 Å². The molecule has 31 heavy (non-hydrogen) atoms. The van der Waals surface area contributed by atoms with Gasteiger partial charge in [0.25, 0.3) is 0 Å². The third-order valence-corrected chi connectivity index (χ3v) is 7.40. The minimum Gasteiger partial charge on any atom is -0.372 e. The van der Waals surface area contributed by atoms with Crippen LogP contribution >= 0.6 is 11.3 Å². The quantitative estimate of drug-likeness (QED) is 0.370. The number of nitrogens with one attached hydrogen (secondary N) is 2. The lowest BCUT2D eigenvalue weighted by Gasteiger charge is -2.29. The maximum atomic E-state index is 13.6.